The van der Waals surface area contributed by atoms with Crippen LogP contribution in [-0.4, -0.2) is 29.0 Å². The topological polar surface area (TPSA) is 71.4 Å². The van der Waals surface area contributed by atoms with E-state index in [4.69, 9.17) is 4.74 Å². The van der Waals surface area contributed by atoms with Crippen LogP contribution < -0.4 is 15.4 Å². The number of nitrogens with one attached hydrogen (secondary N) is 2. The number of hydrogen-bond acceptors (Lipinski definition) is 6. The average Bonchev–Trinajstić information content (AvgIpc) is 3.14. The van der Waals surface area contributed by atoms with Crippen molar-refractivity contribution in [1.29, 1.82) is 0 Å². The Morgan fingerprint density at radius 2 is 1.96 bits per heavy atom. The number of aromatic nitrogens is 2. The number of benzene rings is 2. The molecule has 126 valence electrons. The van der Waals surface area contributed by atoms with E-state index < -0.39 is 0 Å². The Hall–Kier alpha value is -3.15. The first kappa shape index (κ1) is 15.4. The van der Waals surface area contributed by atoms with Crippen molar-refractivity contribution in [3.63, 3.8) is 0 Å². The van der Waals surface area contributed by atoms with Gasteiger partial charge in [-0.05, 0) is 30.2 Å². The summed E-state index contributed by atoms with van der Waals surface area (Å²) in [5.41, 5.74) is 3.85. The number of aryl methyl sites for hydroxylation is 1. The maximum Gasteiger partial charge on any atom is 0.258 e. The van der Waals surface area contributed by atoms with Gasteiger partial charge in [0.05, 0.1) is 17.6 Å². The van der Waals surface area contributed by atoms with E-state index in [2.05, 4.69) is 25.6 Å². The second-order valence-corrected chi connectivity index (χ2v) is 5.93. The zero-order valence-corrected chi connectivity index (χ0v) is 14.0. The summed E-state index contributed by atoms with van der Waals surface area (Å²) in [7, 11) is 0. The monoisotopic (exact) mass is 333 g/mol. The van der Waals surface area contributed by atoms with Crippen LogP contribution in [-0.2, 0) is 6.61 Å². The van der Waals surface area contributed by atoms with E-state index in [1.165, 1.54) is 0 Å². The van der Waals surface area contributed by atoms with Crippen molar-refractivity contribution in [2.45, 2.75) is 13.5 Å². The third-order valence-electron chi connectivity index (χ3n) is 3.92. The molecule has 3 aromatic rings. The molecule has 6 heteroatoms. The Bertz CT molecular complexity index is 924. The number of fused-ring (bicyclic) bond motifs is 1. The van der Waals surface area contributed by atoms with Gasteiger partial charge in [0.2, 0.25) is 0 Å². The first-order valence-corrected chi connectivity index (χ1v) is 8.28. The van der Waals surface area contributed by atoms with E-state index in [0.717, 1.165) is 35.2 Å². The minimum Gasteiger partial charge on any atom is -0.470 e. The summed E-state index contributed by atoms with van der Waals surface area (Å²) >= 11 is 0. The average molecular weight is 333 g/mol. The lowest BCUT2D eigenvalue weighted by molar-refractivity contribution is 0.296. The summed E-state index contributed by atoms with van der Waals surface area (Å²) < 4.78 is 5.96. The van der Waals surface area contributed by atoms with Crippen molar-refractivity contribution in [3.8, 4) is 5.88 Å². The quantitative estimate of drug-likeness (QED) is 0.768. The first-order chi connectivity index (χ1) is 12.3. The van der Waals surface area contributed by atoms with E-state index >= 15 is 0 Å². The molecule has 0 bridgehead atoms. The van der Waals surface area contributed by atoms with Crippen LogP contribution >= 0.6 is 0 Å². The fourth-order valence-electron chi connectivity index (χ4n) is 2.65. The molecule has 0 saturated heterocycles. The predicted octanol–water partition coefficient (Wildman–Crippen LogP) is 2.89. The Morgan fingerprint density at radius 3 is 2.76 bits per heavy atom. The molecule has 1 aliphatic heterocycles. The molecule has 2 heterocycles. The smallest absolute Gasteiger partial charge is 0.258 e. The van der Waals surface area contributed by atoms with Crippen LogP contribution in [0.3, 0.4) is 0 Å². The highest BCUT2D eigenvalue weighted by atomic mass is 16.5. The molecule has 0 aliphatic carbocycles. The number of anilines is 1. The summed E-state index contributed by atoms with van der Waals surface area (Å²) in [5, 5.41) is 6.37. The largest absolute Gasteiger partial charge is 0.470 e. The van der Waals surface area contributed by atoms with Crippen LogP contribution in [0.2, 0.25) is 0 Å². The number of nitrogens with zero attached hydrogens (tertiary/aromatic N) is 3. The second-order valence-electron chi connectivity index (χ2n) is 5.93. The van der Waals surface area contributed by atoms with Crippen molar-refractivity contribution in [2.24, 2.45) is 4.99 Å². The molecule has 25 heavy (non-hydrogen) atoms. The molecule has 4 rings (SSSR count). The molecule has 6 nitrogen and oxygen atoms in total. The zero-order chi connectivity index (χ0) is 17.1. The normalized spacial score (nSPS) is 13.4. The van der Waals surface area contributed by atoms with E-state index in [1.807, 2.05) is 55.5 Å². The summed E-state index contributed by atoms with van der Waals surface area (Å²) in [6, 6.07) is 16.0. The van der Waals surface area contributed by atoms with Gasteiger partial charge in [0.1, 0.15) is 6.61 Å². The van der Waals surface area contributed by atoms with Crippen molar-refractivity contribution in [3.05, 3.63) is 59.7 Å². The van der Waals surface area contributed by atoms with Gasteiger partial charge in [-0.25, -0.2) is 9.97 Å². The zero-order valence-electron chi connectivity index (χ0n) is 14.0. The SMILES string of the molecule is Cc1ccc2nc(NC3=NCCN3)c(OCc3ccccc3)nc2c1. The van der Waals surface area contributed by atoms with Crippen LogP contribution in [0.1, 0.15) is 11.1 Å². The lowest BCUT2D eigenvalue weighted by Gasteiger charge is -2.13. The predicted molar refractivity (Wildman–Crippen MR) is 99.0 cm³/mol. The lowest BCUT2D eigenvalue weighted by atomic mass is 10.2. The number of ether oxygens (including phenoxy) is 1. The molecule has 0 spiro atoms. The summed E-state index contributed by atoms with van der Waals surface area (Å²) in [5.74, 6) is 1.74. The van der Waals surface area contributed by atoms with Gasteiger partial charge < -0.3 is 15.4 Å². The van der Waals surface area contributed by atoms with Gasteiger partial charge in [0, 0.05) is 6.54 Å². The van der Waals surface area contributed by atoms with Crippen molar-refractivity contribution >= 4 is 22.8 Å². The van der Waals surface area contributed by atoms with Gasteiger partial charge in [-0.3, -0.25) is 4.99 Å². The summed E-state index contributed by atoms with van der Waals surface area (Å²) in [6.45, 7) is 4.04. The van der Waals surface area contributed by atoms with Crippen molar-refractivity contribution in [1.82, 2.24) is 15.3 Å². The summed E-state index contributed by atoms with van der Waals surface area (Å²) in [6.07, 6.45) is 0. The molecule has 1 aliphatic rings. The molecule has 0 atom stereocenters. The van der Waals surface area contributed by atoms with Gasteiger partial charge in [-0.1, -0.05) is 36.4 Å². The lowest BCUT2D eigenvalue weighted by Crippen LogP contribution is -2.27. The minimum absolute atomic E-state index is 0.432. The highest BCUT2D eigenvalue weighted by Gasteiger charge is 2.14. The molecule has 0 radical (unpaired) electrons. The van der Waals surface area contributed by atoms with Crippen LogP contribution in [0.15, 0.2) is 53.5 Å². The fraction of sp³-hybridized carbons (Fsp3) is 0.211. The number of guanidine groups is 1. The van der Waals surface area contributed by atoms with E-state index in [0.29, 0.717) is 24.3 Å². The van der Waals surface area contributed by atoms with Crippen LogP contribution in [0, 0.1) is 6.92 Å². The van der Waals surface area contributed by atoms with Gasteiger partial charge in [0.25, 0.3) is 5.88 Å². The number of rotatable bonds is 4. The molecule has 1 aromatic heterocycles. The molecular weight excluding hydrogens is 314 g/mol. The number of aliphatic imine (C=N–C) groups is 1. The Labute approximate surface area is 146 Å². The molecule has 0 unspecified atom stereocenters. The highest BCUT2D eigenvalue weighted by molar-refractivity contribution is 5.95. The molecule has 2 aromatic carbocycles. The van der Waals surface area contributed by atoms with Gasteiger partial charge in [0.15, 0.2) is 11.8 Å². The molecule has 0 saturated carbocycles. The van der Waals surface area contributed by atoms with Gasteiger partial charge >= 0.3 is 0 Å². The Kier molecular flexibility index (Phi) is 4.16. The first-order valence-electron chi connectivity index (χ1n) is 8.28. The maximum absolute atomic E-state index is 5.96. The second kappa shape index (κ2) is 6.76. The maximum atomic E-state index is 5.96. The Morgan fingerprint density at radius 1 is 1.08 bits per heavy atom. The van der Waals surface area contributed by atoms with Crippen LogP contribution in [0.5, 0.6) is 5.88 Å². The van der Waals surface area contributed by atoms with E-state index in [1.54, 1.807) is 0 Å². The van der Waals surface area contributed by atoms with Gasteiger partial charge in [-0.2, -0.15) is 0 Å². The molecule has 2 N–H and O–H groups in total. The molecule has 0 amide bonds. The van der Waals surface area contributed by atoms with E-state index in [-0.39, 0.29) is 0 Å². The fourth-order valence-corrected chi connectivity index (χ4v) is 2.65. The summed E-state index contributed by atoms with van der Waals surface area (Å²) in [4.78, 5) is 13.7. The molecule has 0 fully saturated rings. The third kappa shape index (κ3) is 3.52. The van der Waals surface area contributed by atoms with Crippen LogP contribution in [0.4, 0.5) is 5.82 Å². The van der Waals surface area contributed by atoms with Crippen LogP contribution in [0.25, 0.3) is 11.0 Å². The molecular formula is C19H19N5O. The highest BCUT2D eigenvalue weighted by Crippen LogP contribution is 2.25. The number of hydrogen-bond donors (Lipinski definition) is 2. The van der Waals surface area contributed by atoms with Crippen molar-refractivity contribution < 1.29 is 4.74 Å². The third-order valence-corrected chi connectivity index (χ3v) is 3.92. The minimum atomic E-state index is 0.432. The van der Waals surface area contributed by atoms with E-state index in [9.17, 15) is 0 Å². The standard InChI is InChI=1S/C19H19N5O/c1-13-7-8-15-16(11-13)23-18(25-12-14-5-3-2-4-6-14)17(22-15)24-19-20-9-10-21-19/h2-8,11H,9-10,12H2,1H3,(H2,20,21,22,24). The van der Waals surface area contributed by atoms with Gasteiger partial charge in [-0.15, -0.1) is 0 Å². The Balaban J connectivity index is 1.67. The van der Waals surface area contributed by atoms with Crippen molar-refractivity contribution in [2.75, 3.05) is 18.4 Å².